The summed E-state index contributed by atoms with van der Waals surface area (Å²) in [5.41, 5.74) is 0.256. The Kier molecular flexibility index (Phi) is 4.32. The number of halogens is 3. The zero-order valence-electron chi connectivity index (χ0n) is 13.2. The molecule has 0 amide bonds. The second kappa shape index (κ2) is 6.18. The van der Waals surface area contributed by atoms with Crippen LogP contribution in [0.5, 0.6) is 0 Å². The Bertz CT molecular complexity index is 892. The Morgan fingerprint density at radius 1 is 1.04 bits per heavy atom. The van der Waals surface area contributed by atoms with Crippen LogP contribution < -0.4 is 5.01 Å². The number of benzene rings is 2. The van der Waals surface area contributed by atoms with Crippen LogP contribution in [0.4, 0.5) is 18.9 Å². The third kappa shape index (κ3) is 3.68. The van der Waals surface area contributed by atoms with Gasteiger partial charge in [-0.3, -0.25) is 5.01 Å². The third-order valence-electron chi connectivity index (χ3n) is 3.95. The maximum absolute atomic E-state index is 13.1. The molecule has 25 heavy (non-hydrogen) atoms. The number of hydrogen-bond acceptors (Lipinski definition) is 4. The summed E-state index contributed by atoms with van der Waals surface area (Å²) in [6, 6.07) is 13.9. The van der Waals surface area contributed by atoms with E-state index in [1.165, 1.54) is 29.3 Å². The van der Waals surface area contributed by atoms with Gasteiger partial charge in [0.25, 0.3) is 0 Å². The van der Waals surface area contributed by atoms with E-state index in [1.54, 1.807) is 30.3 Å². The predicted octanol–water partition coefficient (Wildman–Crippen LogP) is 3.96. The van der Waals surface area contributed by atoms with Gasteiger partial charge in [0.1, 0.15) is 5.71 Å². The molecule has 0 aliphatic carbocycles. The maximum Gasteiger partial charge on any atom is 0.431 e. The molecule has 8 heteroatoms. The Morgan fingerprint density at radius 3 is 2.16 bits per heavy atom. The molecule has 0 radical (unpaired) electrons. The molecule has 0 N–H and O–H groups in total. The van der Waals surface area contributed by atoms with E-state index in [4.69, 9.17) is 0 Å². The van der Waals surface area contributed by atoms with E-state index in [9.17, 15) is 21.6 Å². The second-order valence-electron chi connectivity index (χ2n) is 5.79. The minimum Gasteiger partial charge on any atom is -0.257 e. The number of hydrogen-bond donors (Lipinski definition) is 0. The van der Waals surface area contributed by atoms with Crippen molar-refractivity contribution in [3.8, 4) is 0 Å². The minimum absolute atomic E-state index is 0.103. The van der Waals surface area contributed by atoms with Crippen LogP contribution in [0, 0.1) is 0 Å². The van der Waals surface area contributed by atoms with E-state index in [1.807, 2.05) is 0 Å². The van der Waals surface area contributed by atoms with Gasteiger partial charge in [0.2, 0.25) is 0 Å². The van der Waals surface area contributed by atoms with Crippen molar-refractivity contribution >= 4 is 21.2 Å². The monoisotopic (exact) mass is 368 g/mol. The van der Waals surface area contributed by atoms with E-state index in [2.05, 4.69) is 5.10 Å². The molecule has 1 heterocycles. The Morgan fingerprint density at radius 2 is 1.64 bits per heavy atom. The van der Waals surface area contributed by atoms with Crippen LogP contribution in [-0.4, -0.2) is 26.6 Å². The van der Waals surface area contributed by atoms with Gasteiger partial charge in [0.15, 0.2) is 9.84 Å². The highest BCUT2D eigenvalue weighted by molar-refractivity contribution is 7.90. The van der Waals surface area contributed by atoms with Crippen molar-refractivity contribution in [3.63, 3.8) is 0 Å². The molecule has 0 bridgehead atoms. The molecule has 2 aromatic carbocycles. The molecule has 132 valence electrons. The summed E-state index contributed by atoms with van der Waals surface area (Å²) in [5.74, 6) is 0. The number of hydrazone groups is 1. The second-order valence-corrected chi connectivity index (χ2v) is 7.80. The van der Waals surface area contributed by atoms with Crippen molar-refractivity contribution in [3.05, 3.63) is 60.2 Å². The third-order valence-corrected chi connectivity index (χ3v) is 5.08. The number of rotatable bonds is 3. The molecule has 4 nitrogen and oxygen atoms in total. The Balaban J connectivity index is 2.01. The van der Waals surface area contributed by atoms with Crippen LogP contribution >= 0.6 is 0 Å². The van der Waals surface area contributed by atoms with Crippen LogP contribution in [0.2, 0.25) is 0 Å². The van der Waals surface area contributed by atoms with Gasteiger partial charge in [-0.1, -0.05) is 30.3 Å². The van der Waals surface area contributed by atoms with Crippen LogP contribution in [-0.2, 0) is 9.84 Å². The van der Waals surface area contributed by atoms with Crippen molar-refractivity contribution in [1.82, 2.24) is 0 Å². The molecule has 0 spiro atoms. The first kappa shape index (κ1) is 17.5. The quantitative estimate of drug-likeness (QED) is 0.824. The maximum atomic E-state index is 13.1. The first-order valence-electron chi connectivity index (χ1n) is 7.45. The lowest BCUT2D eigenvalue weighted by Crippen LogP contribution is -2.21. The lowest BCUT2D eigenvalue weighted by molar-refractivity contribution is -0.0600. The Hall–Kier alpha value is -2.35. The average molecular weight is 368 g/mol. The fraction of sp³-hybridized carbons (Fsp3) is 0.235. The fourth-order valence-corrected chi connectivity index (χ4v) is 3.33. The summed E-state index contributed by atoms with van der Waals surface area (Å²) in [6.07, 6.45) is -3.69. The van der Waals surface area contributed by atoms with Gasteiger partial charge in [-0.2, -0.15) is 18.3 Å². The molecule has 2 aromatic rings. The van der Waals surface area contributed by atoms with Gasteiger partial charge in [0, 0.05) is 12.7 Å². The largest absolute Gasteiger partial charge is 0.431 e. The van der Waals surface area contributed by atoms with Crippen molar-refractivity contribution in [2.75, 3.05) is 11.3 Å². The van der Waals surface area contributed by atoms with Crippen LogP contribution in [0.1, 0.15) is 18.0 Å². The van der Waals surface area contributed by atoms with Gasteiger partial charge in [-0.15, -0.1) is 0 Å². The normalized spacial score (nSPS) is 18.3. The highest BCUT2D eigenvalue weighted by Gasteiger charge is 2.43. The predicted molar refractivity (Wildman–Crippen MR) is 89.3 cm³/mol. The molecule has 0 fully saturated rings. The van der Waals surface area contributed by atoms with Gasteiger partial charge in [0.05, 0.1) is 16.6 Å². The van der Waals surface area contributed by atoms with Crippen LogP contribution in [0.3, 0.4) is 0 Å². The molecule has 0 aromatic heterocycles. The smallest absolute Gasteiger partial charge is 0.257 e. The van der Waals surface area contributed by atoms with Crippen molar-refractivity contribution in [2.24, 2.45) is 5.10 Å². The molecule has 0 saturated carbocycles. The lowest BCUT2D eigenvalue weighted by Gasteiger charge is -2.24. The van der Waals surface area contributed by atoms with Gasteiger partial charge in [-0.25, -0.2) is 8.42 Å². The molecular formula is C17H15F3N2O2S. The number of alkyl halides is 3. The molecule has 1 aliphatic rings. The Labute approximate surface area is 143 Å². The first-order chi connectivity index (χ1) is 11.7. The molecule has 3 rings (SSSR count). The topological polar surface area (TPSA) is 49.7 Å². The van der Waals surface area contributed by atoms with Crippen molar-refractivity contribution in [1.29, 1.82) is 0 Å². The summed E-state index contributed by atoms with van der Waals surface area (Å²) >= 11 is 0. The number of nitrogens with zero attached hydrogens (tertiary/aromatic N) is 2. The van der Waals surface area contributed by atoms with Crippen LogP contribution in [0.25, 0.3) is 0 Å². The lowest BCUT2D eigenvalue weighted by atomic mass is 10.0. The zero-order valence-corrected chi connectivity index (χ0v) is 14.1. The van der Waals surface area contributed by atoms with Gasteiger partial charge >= 0.3 is 6.18 Å². The highest BCUT2D eigenvalue weighted by atomic mass is 32.2. The number of anilines is 1. The van der Waals surface area contributed by atoms with E-state index >= 15 is 0 Å². The summed E-state index contributed by atoms with van der Waals surface area (Å²) in [6.45, 7) is 0. The van der Waals surface area contributed by atoms with Crippen molar-refractivity contribution in [2.45, 2.75) is 23.5 Å². The minimum atomic E-state index is -4.51. The van der Waals surface area contributed by atoms with E-state index < -0.39 is 27.8 Å². The summed E-state index contributed by atoms with van der Waals surface area (Å²) in [5, 5.41) is 5.05. The number of sulfone groups is 1. The average Bonchev–Trinajstić information content (AvgIpc) is 3.00. The summed E-state index contributed by atoms with van der Waals surface area (Å²) in [7, 11) is -3.38. The zero-order chi connectivity index (χ0) is 18.2. The molecule has 1 atom stereocenters. The van der Waals surface area contributed by atoms with E-state index in [0.717, 1.165) is 6.26 Å². The summed E-state index contributed by atoms with van der Waals surface area (Å²) in [4.78, 5) is 0.103. The molecule has 1 unspecified atom stereocenters. The first-order valence-corrected chi connectivity index (χ1v) is 9.34. The molecule has 1 aliphatic heterocycles. The standard InChI is InChI=1S/C17H15F3N2O2S/c1-25(23,24)14-9-7-13(8-10-14)22-15(12-5-3-2-4-6-12)11-16(21-22)17(18,19)20/h2-10,15H,11H2,1H3. The van der Waals surface area contributed by atoms with Gasteiger partial charge in [-0.05, 0) is 29.8 Å². The van der Waals surface area contributed by atoms with Gasteiger partial charge < -0.3 is 0 Å². The molecular weight excluding hydrogens is 353 g/mol. The van der Waals surface area contributed by atoms with E-state index in [-0.39, 0.29) is 11.3 Å². The molecule has 0 saturated heterocycles. The highest BCUT2D eigenvalue weighted by Crippen LogP contribution is 2.39. The van der Waals surface area contributed by atoms with Crippen LogP contribution in [0.15, 0.2) is 64.6 Å². The van der Waals surface area contributed by atoms with E-state index in [0.29, 0.717) is 11.3 Å². The van der Waals surface area contributed by atoms with Crippen molar-refractivity contribution < 1.29 is 21.6 Å². The summed E-state index contributed by atoms with van der Waals surface area (Å²) < 4.78 is 62.5. The SMILES string of the molecule is CS(=O)(=O)c1ccc(N2N=C(C(F)(F)F)CC2c2ccccc2)cc1. The fourth-order valence-electron chi connectivity index (χ4n) is 2.70.